The van der Waals surface area contributed by atoms with Gasteiger partial charge >= 0.3 is 0 Å². The first-order chi connectivity index (χ1) is 19.2. The molecule has 0 spiro atoms. The van der Waals surface area contributed by atoms with Crippen molar-refractivity contribution in [3.05, 3.63) is 102 Å². The third-order valence-electron chi connectivity index (χ3n) is 6.90. The Bertz CT molecular complexity index is 1550. The van der Waals surface area contributed by atoms with Crippen LogP contribution in [0.4, 0.5) is 5.82 Å². The molecule has 0 bridgehead atoms. The zero-order valence-electron chi connectivity index (χ0n) is 21.8. The van der Waals surface area contributed by atoms with Gasteiger partial charge in [-0.1, -0.05) is 17.7 Å². The number of halogens is 3. The first-order valence-electron chi connectivity index (χ1n) is 12.7. The number of carbonyl (C=O) groups excluding carboxylic acids is 2. The lowest BCUT2D eigenvalue weighted by Crippen LogP contribution is -2.35. The van der Waals surface area contributed by atoms with E-state index in [1.165, 1.54) is 0 Å². The molecule has 10 heteroatoms. The lowest BCUT2D eigenvalue weighted by atomic mass is 9.74. The molecule has 206 valence electrons. The first kappa shape index (κ1) is 28.4. The minimum absolute atomic E-state index is 0.0389. The van der Waals surface area contributed by atoms with Crippen molar-refractivity contribution >= 4 is 61.0 Å². The van der Waals surface area contributed by atoms with Crippen molar-refractivity contribution in [3.63, 3.8) is 0 Å². The fourth-order valence-corrected chi connectivity index (χ4v) is 6.12. The average molecular weight is 688 g/mol. The van der Waals surface area contributed by atoms with E-state index in [4.69, 9.17) is 21.1 Å². The third kappa shape index (κ3) is 5.96. The lowest BCUT2D eigenvalue weighted by Gasteiger charge is -2.34. The second-order valence-corrected chi connectivity index (χ2v) is 11.7. The maximum Gasteiger partial charge on any atom is 0.255 e. The molecule has 3 aromatic rings. The van der Waals surface area contributed by atoms with Gasteiger partial charge in [-0.25, -0.2) is 4.98 Å². The minimum Gasteiger partial charge on any atom is -0.496 e. The van der Waals surface area contributed by atoms with Crippen LogP contribution >= 0.6 is 43.5 Å². The molecule has 1 aliphatic heterocycles. The Hall–Kier alpha value is -3.14. The van der Waals surface area contributed by atoms with Crippen molar-refractivity contribution in [1.29, 1.82) is 0 Å². The van der Waals surface area contributed by atoms with Crippen molar-refractivity contribution in [2.45, 2.75) is 38.7 Å². The summed E-state index contributed by atoms with van der Waals surface area (Å²) in [6.07, 6.45) is 3.57. The number of methoxy groups -OCH3 is 1. The number of nitrogens with one attached hydrogen (secondary N) is 2. The predicted octanol–water partition coefficient (Wildman–Crippen LogP) is 7.45. The molecule has 0 fully saturated rings. The Morgan fingerprint density at radius 2 is 1.93 bits per heavy atom. The van der Waals surface area contributed by atoms with Crippen LogP contribution in [0.15, 0.2) is 86.2 Å². The Morgan fingerprint density at radius 3 is 2.65 bits per heavy atom. The van der Waals surface area contributed by atoms with Gasteiger partial charge in [0.1, 0.15) is 23.9 Å². The van der Waals surface area contributed by atoms with Crippen LogP contribution in [0, 0.1) is 0 Å². The Kier molecular flexibility index (Phi) is 8.63. The number of Topliss-reactive ketones (excluding diaryl/α,β-unsaturated/α-hetero) is 1. The summed E-state index contributed by atoms with van der Waals surface area (Å²) in [5, 5.41) is 6.85. The summed E-state index contributed by atoms with van der Waals surface area (Å²) in [5.41, 5.74) is 4.24. The van der Waals surface area contributed by atoms with Crippen molar-refractivity contribution in [2.24, 2.45) is 0 Å². The van der Waals surface area contributed by atoms with Gasteiger partial charge in [-0.05, 0) is 99.7 Å². The number of aromatic nitrogens is 1. The minimum atomic E-state index is -0.563. The van der Waals surface area contributed by atoms with Crippen molar-refractivity contribution < 1.29 is 19.1 Å². The quantitative estimate of drug-likeness (QED) is 0.268. The van der Waals surface area contributed by atoms with E-state index in [0.29, 0.717) is 45.6 Å². The number of ketones is 1. The van der Waals surface area contributed by atoms with E-state index in [-0.39, 0.29) is 18.3 Å². The number of benzene rings is 2. The molecule has 0 radical (unpaired) electrons. The number of allylic oxidation sites excluding steroid dienone is 3. The monoisotopic (exact) mass is 685 g/mol. The zero-order valence-corrected chi connectivity index (χ0v) is 25.7. The van der Waals surface area contributed by atoms with Crippen LogP contribution in [0.3, 0.4) is 0 Å². The molecular formula is C30H26Br2ClN3O4. The molecule has 0 saturated carbocycles. The van der Waals surface area contributed by atoms with E-state index in [1.54, 1.807) is 43.6 Å². The molecule has 40 heavy (non-hydrogen) atoms. The fourth-order valence-electron chi connectivity index (χ4n) is 5.09. The molecule has 2 heterocycles. The van der Waals surface area contributed by atoms with E-state index in [9.17, 15) is 9.59 Å². The molecule has 2 aliphatic rings. The largest absolute Gasteiger partial charge is 0.496 e. The molecule has 2 aromatic carbocycles. The van der Waals surface area contributed by atoms with E-state index in [2.05, 4.69) is 47.5 Å². The van der Waals surface area contributed by atoms with Crippen molar-refractivity contribution in [2.75, 3.05) is 12.4 Å². The highest BCUT2D eigenvalue weighted by Crippen LogP contribution is 2.43. The summed E-state index contributed by atoms with van der Waals surface area (Å²) in [5.74, 6) is 0.831. The van der Waals surface area contributed by atoms with Crippen LogP contribution in [-0.4, -0.2) is 23.8 Å². The standard InChI is InChI=1S/C30H26Br2ClN3O4/c1-16-27(30(38)36-26-11-7-19(31)14-34-26)28(29-22(35-16)4-3-5-23(29)37)17-6-9-24(39-2)18(12-17)15-40-25-10-8-20(33)13-21(25)32/h6-14,28,35H,3-5,15H2,1-2H3,(H,34,36,38)/t28-/m1/s1. The molecule has 7 nitrogen and oxygen atoms in total. The normalized spacial score (nSPS) is 16.8. The number of amides is 1. The highest BCUT2D eigenvalue weighted by molar-refractivity contribution is 9.10. The van der Waals surface area contributed by atoms with Gasteiger partial charge in [-0.15, -0.1) is 0 Å². The molecule has 2 N–H and O–H groups in total. The summed E-state index contributed by atoms with van der Waals surface area (Å²) < 4.78 is 13.3. The Labute approximate surface area is 254 Å². The topological polar surface area (TPSA) is 89.5 Å². The zero-order chi connectivity index (χ0) is 28.4. The number of pyridine rings is 1. The van der Waals surface area contributed by atoms with Crippen LogP contribution in [0.5, 0.6) is 11.5 Å². The second-order valence-electron chi connectivity index (χ2n) is 9.52. The molecular weight excluding hydrogens is 662 g/mol. The van der Waals surface area contributed by atoms with Gasteiger partial charge in [0.25, 0.3) is 5.91 Å². The number of hydrogen-bond acceptors (Lipinski definition) is 6. The predicted molar refractivity (Wildman–Crippen MR) is 162 cm³/mol. The maximum atomic E-state index is 13.8. The van der Waals surface area contributed by atoms with Crippen LogP contribution in [0.25, 0.3) is 0 Å². The van der Waals surface area contributed by atoms with Crippen molar-refractivity contribution in [1.82, 2.24) is 10.3 Å². The summed E-state index contributed by atoms with van der Waals surface area (Å²) in [4.78, 5) is 31.4. The summed E-state index contributed by atoms with van der Waals surface area (Å²) in [6, 6.07) is 14.5. The van der Waals surface area contributed by atoms with E-state index in [1.807, 2.05) is 25.1 Å². The Morgan fingerprint density at radius 1 is 1.12 bits per heavy atom. The van der Waals surface area contributed by atoms with Crippen LogP contribution in [-0.2, 0) is 16.2 Å². The Balaban J connectivity index is 1.54. The lowest BCUT2D eigenvalue weighted by molar-refractivity contribution is -0.116. The third-order valence-corrected chi connectivity index (χ3v) is 8.23. The van der Waals surface area contributed by atoms with Crippen LogP contribution < -0.4 is 20.1 Å². The SMILES string of the molecule is COc1ccc([C@@H]2C(C(=O)Nc3ccc(Br)cn3)=C(C)NC3=C2C(=O)CCC3)cc1COc1ccc(Cl)cc1Br. The average Bonchev–Trinajstić information content (AvgIpc) is 2.93. The second kappa shape index (κ2) is 12.2. The first-order valence-corrected chi connectivity index (χ1v) is 14.6. The van der Waals surface area contributed by atoms with Gasteiger partial charge in [-0.2, -0.15) is 0 Å². The van der Waals surface area contributed by atoms with Crippen LogP contribution in [0.1, 0.15) is 43.2 Å². The van der Waals surface area contributed by atoms with Gasteiger partial charge in [0.05, 0.1) is 11.6 Å². The van der Waals surface area contributed by atoms with Gasteiger partial charge in [-0.3, -0.25) is 9.59 Å². The molecule has 1 amide bonds. The highest BCUT2D eigenvalue weighted by atomic mass is 79.9. The molecule has 0 unspecified atom stereocenters. The summed E-state index contributed by atoms with van der Waals surface area (Å²) in [6.45, 7) is 2.07. The molecule has 1 aliphatic carbocycles. The smallest absolute Gasteiger partial charge is 0.255 e. The van der Waals surface area contributed by atoms with Gasteiger partial charge in [0.2, 0.25) is 0 Å². The van der Waals surface area contributed by atoms with Gasteiger partial charge in [0, 0.05) is 56.1 Å². The number of ether oxygens (including phenoxy) is 2. The molecule has 0 saturated heterocycles. The number of carbonyl (C=O) groups is 2. The van der Waals surface area contributed by atoms with Crippen LogP contribution in [0.2, 0.25) is 5.02 Å². The summed E-state index contributed by atoms with van der Waals surface area (Å²) in [7, 11) is 1.60. The number of rotatable bonds is 7. The van der Waals surface area contributed by atoms with E-state index >= 15 is 0 Å². The number of nitrogens with zero attached hydrogens (tertiary/aromatic N) is 1. The highest BCUT2D eigenvalue weighted by Gasteiger charge is 2.38. The fraction of sp³-hybridized carbons (Fsp3) is 0.233. The summed E-state index contributed by atoms with van der Waals surface area (Å²) >= 11 is 12.9. The molecule has 5 rings (SSSR count). The van der Waals surface area contributed by atoms with E-state index in [0.717, 1.165) is 38.6 Å². The van der Waals surface area contributed by atoms with E-state index < -0.39 is 5.92 Å². The maximum absolute atomic E-state index is 13.8. The number of anilines is 1. The van der Waals surface area contributed by atoms with Crippen molar-refractivity contribution in [3.8, 4) is 11.5 Å². The van der Waals surface area contributed by atoms with Gasteiger partial charge < -0.3 is 20.1 Å². The molecule has 1 aromatic heterocycles. The molecule has 1 atom stereocenters. The number of dihydropyridines is 1. The van der Waals surface area contributed by atoms with Gasteiger partial charge in [0.15, 0.2) is 5.78 Å². The number of hydrogen-bond donors (Lipinski definition) is 2.